The molecule has 2 N–H and O–H groups in total. The van der Waals surface area contributed by atoms with E-state index in [1.165, 1.54) is 0 Å². The molecule has 0 bridgehead atoms. The summed E-state index contributed by atoms with van der Waals surface area (Å²) in [5.41, 5.74) is 9.66. The van der Waals surface area contributed by atoms with Crippen LogP contribution in [0.1, 0.15) is 29.5 Å². The molecule has 136 valence electrons. The third-order valence-electron chi connectivity index (χ3n) is 4.34. The molecule has 0 radical (unpaired) electrons. The monoisotopic (exact) mass is 357 g/mol. The maximum Gasteiger partial charge on any atom is 0.387 e. The van der Waals surface area contributed by atoms with Crippen molar-refractivity contribution >= 4 is 17.7 Å². The number of anilines is 1. The fourth-order valence-electron chi connectivity index (χ4n) is 2.84. The molecule has 6 heteroatoms. The van der Waals surface area contributed by atoms with E-state index < -0.39 is 6.61 Å². The van der Waals surface area contributed by atoms with Crippen LogP contribution in [0.15, 0.2) is 52.4 Å². The number of aliphatic imine (C=N–C) groups is 2. The number of hydrogen-bond acceptors (Lipinski definition) is 4. The summed E-state index contributed by atoms with van der Waals surface area (Å²) in [5.74, 6) is 0.901. The van der Waals surface area contributed by atoms with Crippen LogP contribution in [0.3, 0.4) is 0 Å². The normalized spacial score (nSPS) is 16.6. The molecule has 4 nitrogen and oxygen atoms in total. The van der Waals surface area contributed by atoms with E-state index in [0.717, 1.165) is 47.5 Å². The molecule has 3 rings (SSSR count). The number of ether oxygens (including phenoxy) is 1. The predicted octanol–water partition coefficient (Wildman–Crippen LogP) is 4.40. The predicted molar refractivity (Wildman–Crippen MR) is 100 cm³/mol. The van der Waals surface area contributed by atoms with Gasteiger partial charge < -0.3 is 10.5 Å². The van der Waals surface area contributed by atoms with Crippen LogP contribution in [0.2, 0.25) is 0 Å². The lowest BCUT2D eigenvalue weighted by molar-refractivity contribution is -0.0498. The van der Waals surface area contributed by atoms with Crippen molar-refractivity contribution in [2.75, 3.05) is 5.73 Å². The Bertz CT molecular complexity index is 816. The van der Waals surface area contributed by atoms with Crippen molar-refractivity contribution in [3.63, 3.8) is 0 Å². The van der Waals surface area contributed by atoms with Crippen LogP contribution in [-0.4, -0.2) is 24.7 Å². The molecule has 1 aliphatic heterocycles. The zero-order valence-corrected chi connectivity index (χ0v) is 14.5. The van der Waals surface area contributed by atoms with Gasteiger partial charge in [0, 0.05) is 23.9 Å². The van der Waals surface area contributed by atoms with Crippen LogP contribution in [0.25, 0.3) is 0 Å². The first-order valence-electron chi connectivity index (χ1n) is 8.52. The molecule has 26 heavy (non-hydrogen) atoms. The number of alkyl halides is 2. The Hall–Kier alpha value is -2.76. The largest absolute Gasteiger partial charge is 0.435 e. The van der Waals surface area contributed by atoms with Gasteiger partial charge in [-0.25, -0.2) is 4.99 Å². The standard InChI is InChI=1S/C20H21F2N3O/c1-13-12-15(5-9-18(13)23)19-24-11-10-16(25-19)6-2-14-3-7-17(8-4-14)26-20(21)22/h3-5,7-9,11-12,16,20H,2,6,10,23H2,1H3. The molecular formula is C20H21F2N3O. The molecule has 0 fully saturated rings. The van der Waals surface area contributed by atoms with Gasteiger partial charge in [-0.1, -0.05) is 12.1 Å². The van der Waals surface area contributed by atoms with Gasteiger partial charge >= 0.3 is 6.61 Å². The molecule has 1 atom stereocenters. The fourth-order valence-corrected chi connectivity index (χ4v) is 2.84. The van der Waals surface area contributed by atoms with Crippen molar-refractivity contribution in [1.29, 1.82) is 0 Å². The van der Waals surface area contributed by atoms with Gasteiger partial charge in [0.25, 0.3) is 0 Å². The van der Waals surface area contributed by atoms with Gasteiger partial charge in [-0.3, -0.25) is 4.99 Å². The number of nitrogen functional groups attached to an aromatic ring is 1. The zero-order valence-electron chi connectivity index (χ0n) is 14.5. The SMILES string of the molecule is Cc1cc(C2=NC(CCc3ccc(OC(F)F)cc3)CC=N2)ccc1N. The Balaban J connectivity index is 1.62. The lowest BCUT2D eigenvalue weighted by Crippen LogP contribution is -2.16. The summed E-state index contributed by atoms with van der Waals surface area (Å²) in [4.78, 5) is 9.16. The van der Waals surface area contributed by atoms with Crippen LogP contribution in [-0.2, 0) is 6.42 Å². The van der Waals surface area contributed by atoms with Crippen LogP contribution in [0.4, 0.5) is 14.5 Å². The highest BCUT2D eigenvalue weighted by atomic mass is 19.3. The molecule has 0 aromatic heterocycles. The second kappa shape index (κ2) is 8.08. The van der Waals surface area contributed by atoms with Gasteiger partial charge in [0.05, 0.1) is 6.04 Å². The van der Waals surface area contributed by atoms with Crippen molar-refractivity contribution in [3.8, 4) is 5.75 Å². The lowest BCUT2D eigenvalue weighted by Gasteiger charge is -2.16. The molecule has 1 heterocycles. The highest BCUT2D eigenvalue weighted by Gasteiger charge is 2.14. The summed E-state index contributed by atoms with van der Waals surface area (Å²) in [7, 11) is 0. The molecule has 1 aliphatic rings. The fraction of sp³-hybridized carbons (Fsp3) is 0.300. The third kappa shape index (κ3) is 4.65. The average molecular weight is 357 g/mol. The van der Waals surface area contributed by atoms with Crippen LogP contribution >= 0.6 is 0 Å². The highest BCUT2D eigenvalue weighted by Crippen LogP contribution is 2.20. The third-order valence-corrected chi connectivity index (χ3v) is 4.34. The maximum absolute atomic E-state index is 12.2. The summed E-state index contributed by atoms with van der Waals surface area (Å²) in [6.07, 6.45) is 4.37. The first kappa shape index (κ1) is 18.0. The minimum absolute atomic E-state index is 0.150. The molecule has 0 saturated heterocycles. The van der Waals surface area contributed by atoms with Gasteiger partial charge in [0.15, 0.2) is 5.84 Å². The molecule has 2 aromatic carbocycles. The Labute approximate surface area is 151 Å². The zero-order chi connectivity index (χ0) is 18.5. The molecule has 0 amide bonds. The van der Waals surface area contributed by atoms with E-state index in [2.05, 4.69) is 9.73 Å². The van der Waals surface area contributed by atoms with Crippen molar-refractivity contribution in [2.24, 2.45) is 9.98 Å². The number of nitrogens with zero attached hydrogens (tertiary/aromatic N) is 2. The summed E-state index contributed by atoms with van der Waals surface area (Å²) in [5, 5.41) is 0. The van der Waals surface area contributed by atoms with Gasteiger partial charge in [-0.15, -0.1) is 0 Å². The van der Waals surface area contributed by atoms with E-state index in [-0.39, 0.29) is 11.8 Å². The number of rotatable bonds is 6. The van der Waals surface area contributed by atoms with Gasteiger partial charge in [-0.2, -0.15) is 8.78 Å². The van der Waals surface area contributed by atoms with Gasteiger partial charge in [0.1, 0.15) is 5.75 Å². The highest BCUT2D eigenvalue weighted by molar-refractivity contribution is 6.04. The minimum atomic E-state index is -2.80. The van der Waals surface area contributed by atoms with E-state index in [9.17, 15) is 8.78 Å². The Morgan fingerprint density at radius 2 is 1.96 bits per heavy atom. The van der Waals surface area contributed by atoms with Crippen LogP contribution < -0.4 is 10.5 Å². The number of hydrogen-bond donors (Lipinski definition) is 1. The second-order valence-corrected chi connectivity index (χ2v) is 6.29. The van der Waals surface area contributed by atoms with E-state index in [1.54, 1.807) is 12.1 Å². The van der Waals surface area contributed by atoms with Crippen LogP contribution in [0.5, 0.6) is 5.75 Å². The van der Waals surface area contributed by atoms with E-state index in [4.69, 9.17) is 10.7 Å². The first-order chi connectivity index (χ1) is 12.5. The summed E-state index contributed by atoms with van der Waals surface area (Å²) < 4.78 is 28.7. The van der Waals surface area contributed by atoms with Crippen molar-refractivity contribution in [1.82, 2.24) is 0 Å². The number of aryl methyl sites for hydroxylation is 2. The van der Waals surface area contributed by atoms with E-state index >= 15 is 0 Å². The second-order valence-electron chi connectivity index (χ2n) is 6.29. The van der Waals surface area contributed by atoms with Crippen molar-refractivity contribution in [3.05, 3.63) is 59.2 Å². The summed E-state index contributed by atoms with van der Waals surface area (Å²) >= 11 is 0. The first-order valence-corrected chi connectivity index (χ1v) is 8.52. The number of benzene rings is 2. The molecule has 0 saturated carbocycles. The average Bonchev–Trinajstić information content (AvgIpc) is 2.63. The molecule has 2 aromatic rings. The Morgan fingerprint density at radius 3 is 2.65 bits per heavy atom. The van der Waals surface area contributed by atoms with Crippen molar-refractivity contribution in [2.45, 2.75) is 38.8 Å². The lowest BCUT2D eigenvalue weighted by atomic mass is 10.0. The number of amidine groups is 1. The Morgan fingerprint density at radius 1 is 1.19 bits per heavy atom. The van der Waals surface area contributed by atoms with E-state index in [0.29, 0.717) is 0 Å². The van der Waals surface area contributed by atoms with Crippen LogP contribution in [0, 0.1) is 6.92 Å². The molecule has 0 spiro atoms. The van der Waals surface area contributed by atoms with E-state index in [1.807, 2.05) is 43.5 Å². The quantitative estimate of drug-likeness (QED) is 0.779. The van der Waals surface area contributed by atoms with Crippen molar-refractivity contribution < 1.29 is 13.5 Å². The van der Waals surface area contributed by atoms with Gasteiger partial charge in [0.2, 0.25) is 0 Å². The maximum atomic E-state index is 12.2. The number of nitrogens with two attached hydrogens (primary N) is 1. The topological polar surface area (TPSA) is 60.0 Å². The smallest absolute Gasteiger partial charge is 0.387 e. The summed E-state index contributed by atoms with van der Waals surface area (Å²) in [6.45, 7) is -0.836. The Kier molecular flexibility index (Phi) is 5.61. The number of halogens is 2. The molecular weight excluding hydrogens is 336 g/mol. The molecule has 0 aliphatic carbocycles. The minimum Gasteiger partial charge on any atom is -0.435 e. The van der Waals surface area contributed by atoms with Gasteiger partial charge in [-0.05, 0) is 61.2 Å². The molecule has 1 unspecified atom stereocenters. The summed E-state index contributed by atoms with van der Waals surface area (Å²) in [6, 6.07) is 12.7.